The van der Waals surface area contributed by atoms with Gasteiger partial charge in [-0.1, -0.05) is 51.1 Å². The van der Waals surface area contributed by atoms with Gasteiger partial charge in [-0.05, 0) is 16.5 Å². The van der Waals surface area contributed by atoms with Gasteiger partial charge in [0, 0.05) is 18.7 Å². The number of nitrogens with one attached hydrogen (secondary N) is 1. The van der Waals surface area contributed by atoms with E-state index in [-0.39, 0.29) is 5.41 Å². The van der Waals surface area contributed by atoms with Crippen LogP contribution in [0.4, 0.5) is 0 Å². The molecule has 0 aliphatic rings. The SMILES string of the molecule is C[n+]1ccccc1CNCc1ccc(C(C)(C)C)cc1. The van der Waals surface area contributed by atoms with Gasteiger partial charge in [0.15, 0.2) is 11.9 Å². The van der Waals surface area contributed by atoms with Gasteiger partial charge in [-0.15, -0.1) is 0 Å². The number of rotatable bonds is 4. The standard InChI is InChI=1S/C18H25N2/c1-18(2,3)16-10-8-15(9-11-16)13-19-14-17-7-5-6-12-20(17)4/h5-12,19H,13-14H2,1-4H3/q+1. The molecule has 2 aromatic rings. The van der Waals surface area contributed by atoms with Crippen molar-refractivity contribution in [2.45, 2.75) is 39.3 Å². The van der Waals surface area contributed by atoms with Gasteiger partial charge in [0.2, 0.25) is 0 Å². The predicted octanol–water partition coefficient (Wildman–Crippen LogP) is 3.10. The van der Waals surface area contributed by atoms with E-state index in [1.165, 1.54) is 16.8 Å². The molecule has 0 saturated carbocycles. The smallest absolute Gasteiger partial charge is 0.195 e. The summed E-state index contributed by atoms with van der Waals surface area (Å²) in [6.45, 7) is 8.53. The summed E-state index contributed by atoms with van der Waals surface area (Å²) in [7, 11) is 2.08. The predicted molar refractivity (Wildman–Crippen MR) is 83.3 cm³/mol. The van der Waals surface area contributed by atoms with Crippen LogP contribution in [0.3, 0.4) is 0 Å². The largest absolute Gasteiger partial charge is 0.303 e. The Hall–Kier alpha value is -1.67. The third kappa shape index (κ3) is 3.91. The summed E-state index contributed by atoms with van der Waals surface area (Å²) < 4.78 is 2.15. The summed E-state index contributed by atoms with van der Waals surface area (Å²) in [4.78, 5) is 0. The lowest BCUT2D eigenvalue weighted by Crippen LogP contribution is -2.35. The van der Waals surface area contributed by atoms with Crippen LogP contribution in [0.25, 0.3) is 0 Å². The van der Waals surface area contributed by atoms with E-state index >= 15 is 0 Å². The normalized spacial score (nSPS) is 11.6. The molecule has 1 aromatic carbocycles. The van der Waals surface area contributed by atoms with Gasteiger partial charge in [-0.3, -0.25) is 0 Å². The van der Waals surface area contributed by atoms with Crippen LogP contribution < -0.4 is 9.88 Å². The van der Waals surface area contributed by atoms with E-state index in [4.69, 9.17) is 0 Å². The van der Waals surface area contributed by atoms with Gasteiger partial charge in [-0.25, -0.2) is 4.57 Å². The average molecular weight is 269 g/mol. The summed E-state index contributed by atoms with van der Waals surface area (Å²) in [5.41, 5.74) is 4.23. The van der Waals surface area contributed by atoms with Crippen LogP contribution in [0, 0.1) is 0 Å². The summed E-state index contributed by atoms with van der Waals surface area (Å²) in [6, 6.07) is 15.2. The first-order valence-electron chi connectivity index (χ1n) is 7.20. The summed E-state index contributed by atoms with van der Waals surface area (Å²) in [6.07, 6.45) is 2.08. The van der Waals surface area contributed by atoms with Gasteiger partial charge in [-0.2, -0.15) is 0 Å². The van der Waals surface area contributed by atoms with Crippen molar-refractivity contribution in [2.75, 3.05) is 0 Å². The molecule has 0 aliphatic heterocycles. The third-order valence-electron chi connectivity index (χ3n) is 3.62. The van der Waals surface area contributed by atoms with E-state index in [0.29, 0.717) is 0 Å². The van der Waals surface area contributed by atoms with Crippen LogP contribution in [0.2, 0.25) is 0 Å². The van der Waals surface area contributed by atoms with Gasteiger partial charge in [0.25, 0.3) is 0 Å². The minimum Gasteiger partial charge on any atom is -0.303 e. The Morgan fingerprint density at radius 1 is 0.950 bits per heavy atom. The molecular weight excluding hydrogens is 244 g/mol. The highest BCUT2D eigenvalue weighted by molar-refractivity contribution is 5.27. The molecule has 0 bridgehead atoms. The molecule has 1 heterocycles. The molecule has 0 unspecified atom stereocenters. The maximum atomic E-state index is 3.50. The molecular formula is C18H25N2+. The van der Waals surface area contributed by atoms with Crippen molar-refractivity contribution >= 4 is 0 Å². The molecule has 0 amide bonds. The number of pyridine rings is 1. The van der Waals surface area contributed by atoms with Crippen LogP contribution in [-0.4, -0.2) is 0 Å². The summed E-state index contributed by atoms with van der Waals surface area (Å²) >= 11 is 0. The van der Waals surface area contributed by atoms with Crippen LogP contribution in [0.1, 0.15) is 37.6 Å². The Labute approximate surface area is 122 Å². The maximum absolute atomic E-state index is 3.50. The number of hydrogen-bond acceptors (Lipinski definition) is 1. The second-order valence-electron chi connectivity index (χ2n) is 6.35. The van der Waals surface area contributed by atoms with Gasteiger partial charge < -0.3 is 5.32 Å². The second kappa shape index (κ2) is 6.19. The Balaban J connectivity index is 1.90. The van der Waals surface area contributed by atoms with Crippen LogP contribution >= 0.6 is 0 Å². The van der Waals surface area contributed by atoms with Crippen molar-refractivity contribution in [1.29, 1.82) is 0 Å². The molecule has 106 valence electrons. The van der Waals surface area contributed by atoms with Gasteiger partial charge >= 0.3 is 0 Å². The molecule has 2 nitrogen and oxygen atoms in total. The Kier molecular flexibility index (Phi) is 4.56. The Bertz CT molecular complexity index is 550. The zero-order chi connectivity index (χ0) is 14.6. The van der Waals surface area contributed by atoms with E-state index in [9.17, 15) is 0 Å². The van der Waals surface area contributed by atoms with Crippen molar-refractivity contribution in [3.05, 3.63) is 65.5 Å². The van der Waals surface area contributed by atoms with Gasteiger partial charge in [0.1, 0.15) is 7.05 Å². The quantitative estimate of drug-likeness (QED) is 0.843. The van der Waals surface area contributed by atoms with Crippen molar-refractivity contribution in [1.82, 2.24) is 5.32 Å². The molecule has 2 rings (SSSR count). The molecule has 0 radical (unpaired) electrons. The highest BCUT2D eigenvalue weighted by Gasteiger charge is 2.12. The van der Waals surface area contributed by atoms with Crippen molar-refractivity contribution in [3.63, 3.8) is 0 Å². The first-order chi connectivity index (χ1) is 9.47. The number of aromatic nitrogens is 1. The maximum Gasteiger partial charge on any atom is 0.195 e. The van der Waals surface area contributed by atoms with Crippen molar-refractivity contribution in [3.8, 4) is 0 Å². The zero-order valence-corrected chi connectivity index (χ0v) is 13.0. The van der Waals surface area contributed by atoms with E-state index < -0.39 is 0 Å². The minimum atomic E-state index is 0.226. The van der Waals surface area contributed by atoms with Crippen molar-refractivity contribution < 1.29 is 4.57 Å². The average Bonchev–Trinajstić information content (AvgIpc) is 2.40. The first-order valence-corrected chi connectivity index (χ1v) is 7.20. The van der Waals surface area contributed by atoms with E-state index in [2.05, 4.69) is 86.4 Å². The monoisotopic (exact) mass is 269 g/mol. The molecule has 0 spiro atoms. The fourth-order valence-corrected chi connectivity index (χ4v) is 2.20. The molecule has 0 atom stereocenters. The van der Waals surface area contributed by atoms with E-state index in [1.54, 1.807) is 0 Å². The molecule has 1 N–H and O–H groups in total. The van der Waals surface area contributed by atoms with Crippen LogP contribution in [0.5, 0.6) is 0 Å². The highest BCUT2D eigenvalue weighted by atomic mass is 15.0. The lowest BCUT2D eigenvalue weighted by Gasteiger charge is -2.19. The van der Waals surface area contributed by atoms with E-state index in [1.807, 2.05) is 0 Å². The molecule has 0 fully saturated rings. The minimum absolute atomic E-state index is 0.226. The highest BCUT2D eigenvalue weighted by Crippen LogP contribution is 2.22. The van der Waals surface area contributed by atoms with Gasteiger partial charge in [0.05, 0.1) is 6.54 Å². The van der Waals surface area contributed by atoms with Crippen LogP contribution in [0.15, 0.2) is 48.7 Å². The lowest BCUT2D eigenvalue weighted by atomic mass is 9.87. The lowest BCUT2D eigenvalue weighted by molar-refractivity contribution is -0.679. The topological polar surface area (TPSA) is 15.9 Å². The Morgan fingerprint density at radius 2 is 1.65 bits per heavy atom. The van der Waals surface area contributed by atoms with Crippen molar-refractivity contribution in [2.24, 2.45) is 7.05 Å². The molecule has 20 heavy (non-hydrogen) atoms. The fraction of sp³-hybridized carbons (Fsp3) is 0.389. The second-order valence-corrected chi connectivity index (χ2v) is 6.35. The molecule has 0 aliphatic carbocycles. The zero-order valence-electron chi connectivity index (χ0n) is 13.0. The summed E-state index contributed by atoms with van der Waals surface area (Å²) in [5.74, 6) is 0. The fourth-order valence-electron chi connectivity index (χ4n) is 2.20. The molecule has 0 saturated heterocycles. The van der Waals surface area contributed by atoms with E-state index in [0.717, 1.165) is 13.1 Å². The number of aryl methyl sites for hydroxylation is 1. The first kappa shape index (κ1) is 14.7. The molecule has 1 aromatic heterocycles. The number of nitrogens with zero attached hydrogens (tertiary/aromatic N) is 1. The number of benzene rings is 1. The van der Waals surface area contributed by atoms with Crippen LogP contribution in [-0.2, 0) is 25.6 Å². The molecule has 2 heteroatoms. The Morgan fingerprint density at radius 3 is 2.25 bits per heavy atom. The third-order valence-corrected chi connectivity index (χ3v) is 3.62. The summed E-state index contributed by atoms with van der Waals surface area (Å²) in [5, 5.41) is 3.50. The number of hydrogen-bond donors (Lipinski definition) is 1.